The van der Waals surface area contributed by atoms with E-state index in [4.69, 9.17) is 4.74 Å². The average Bonchev–Trinajstić information content (AvgIpc) is 3.07. The molecule has 2 nitrogen and oxygen atoms in total. The zero-order valence-corrected chi connectivity index (χ0v) is 14.8. The van der Waals surface area contributed by atoms with Gasteiger partial charge in [0.1, 0.15) is 11.9 Å². The number of thiophene rings is 1. The molecule has 1 N–H and O–H groups in total. The number of nitrogens with one attached hydrogen (secondary N) is 1. The topological polar surface area (TPSA) is 21.3 Å². The van der Waals surface area contributed by atoms with Gasteiger partial charge >= 0.3 is 0 Å². The van der Waals surface area contributed by atoms with Crippen molar-refractivity contribution < 1.29 is 4.74 Å². The SMILES string of the molecule is CCCCC(Oc1csc(Nc2ccccc2)c1)c1ccccc1. The van der Waals surface area contributed by atoms with E-state index >= 15 is 0 Å². The maximum absolute atomic E-state index is 6.29. The van der Waals surface area contributed by atoms with E-state index in [9.17, 15) is 0 Å². The Morgan fingerprint density at radius 3 is 2.42 bits per heavy atom. The second kappa shape index (κ2) is 8.55. The molecule has 1 heterocycles. The van der Waals surface area contributed by atoms with Gasteiger partial charge in [-0.25, -0.2) is 0 Å². The summed E-state index contributed by atoms with van der Waals surface area (Å²) in [4.78, 5) is 0. The number of hydrogen-bond acceptors (Lipinski definition) is 3. The van der Waals surface area contributed by atoms with Gasteiger partial charge in [0.25, 0.3) is 0 Å². The van der Waals surface area contributed by atoms with Gasteiger partial charge in [0.05, 0.1) is 5.00 Å². The molecule has 3 heteroatoms. The maximum atomic E-state index is 6.29. The lowest BCUT2D eigenvalue weighted by Crippen LogP contribution is -2.07. The number of unbranched alkanes of at least 4 members (excludes halogenated alkanes) is 1. The van der Waals surface area contributed by atoms with E-state index in [0.717, 1.165) is 22.9 Å². The number of rotatable bonds is 8. The third-order valence-electron chi connectivity index (χ3n) is 3.89. The average molecular weight is 337 g/mol. The molecule has 0 radical (unpaired) electrons. The molecule has 3 rings (SSSR count). The summed E-state index contributed by atoms with van der Waals surface area (Å²) in [6.07, 6.45) is 3.50. The summed E-state index contributed by atoms with van der Waals surface area (Å²) in [7, 11) is 0. The summed E-state index contributed by atoms with van der Waals surface area (Å²) < 4.78 is 6.29. The van der Waals surface area contributed by atoms with Gasteiger partial charge in [-0.15, -0.1) is 11.3 Å². The molecule has 1 aromatic heterocycles. The molecule has 3 aromatic rings. The van der Waals surface area contributed by atoms with Crippen LogP contribution in [-0.4, -0.2) is 0 Å². The molecule has 124 valence electrons. The van der Waals surface area contributed by atoms with Gasteiger partial charge in [0, 0.05) is 17.1 Å². The van der Waals surface area contributed by atoms with E-state index in [1.54, 1.807) is 11.3 Å². The molecule has 0 aliphatic rings. The fourth-order valence-electron chi connectivity index (χ4n) is 2.63. The molecule has 0 amide bonds. The third kappa shape index (κ3) is 4.62. The molecule has 24 heavy (non-hydrogen) atoms. The highest BCUT2D eigenvalue weighted by atomic mass is 32.1. The lowest BCUT2D eigenvalue weighted by molar-refractivity contribution is 0.192. The lowest BCUT2D eigenvalue weighted by atomic mass is 10.0. The Labute approximate surface area is 148 Å². The minimum atomic E-state index is 0.116. The second-order valence-electron chi connectivity index (χ2n) is 5.80. The number of ether oxygens (including phenoxy) is 1. The van der Waals surface area contributed by atoms with Gasteiger partial charge in [0.2, 0.25) is 0 Å². The minimum Gasteiger partial charge on any atom is -0.485 e. The summed E-state index contributed by atoms with van der Waals surface area (Å²) in [6, 6.07) is 22.8. The van der Waals surface area contributed by atoms with Crippen LogP contribution in [0.2, 0.25) is 0 Å². The van der Waals surface area contributed by atoms with Crippen molar-refractivity contribution in [3.63, 3.8) is 0 Å². The van der Waals surface area contributed by atoms with Crippen LogP contribution >= 0.6 is 11.3 Å². The monoisotopic (exact) mass is 337 g/mol. The molecule has 1 unspecified atom stereocenters. The molecule has 0 spiro atoms. The third-order valence-corrected chi connectivity index (χ3v) is 4.71. The predicted molar refractivity (Wildman–Crippen MR) is 103 cm³/mol. The summed E-state index contributed by atoms with van der Waals surface area (Å²) in [5, 5.41) is 6.59. The van der Waals surface area contributed by atoms with Crippen LogP contribution in [0.1, 0.15) is 37.9 Å². The molecule has 0 aliphatic heterocycles. The molecule has 0 saturated heterocycles. The van der Waals surface area contributed by atoms with E-state index in [-0.39, 0.29) is 6.10 Å². The summed E-state index contributed by atoms with van der Waals surface area (Å²) in [5.41, 5.74) is 2.34. The van der Waals surface area contributed by atoms with E-state index in [0.29, 0.717) is 0 Å². The van der Waals surface area contributed by atoms with Crippen LogP contribution in [0.15, 0.2) is 72.1 Å². The highest BCUT2D eigenvalue weighted by molar-refractivity contribution is 7.14. The van der Waals surface area contributed by atoms with Crippen molar-refractivity contribution in [2.45, 2.75) is 32.3 Å². The van der Waals surface area contributed by atoms with Gasteiger partial charge in [-0.3, -0.25) is 0 Å². The van der Waals surface area contributed by atoms with E-state index in [1.807, 2.05) is 24.3 Å². The smallest absolute Gasteiger partial charge is 0.133 e. The van der Waals surface area contributed by atoms with Crippen molar-refractivity contribution in [3.8, 4) is 5.75 Å². The van der Waals surface area contributed by atoms with Gasteiger partial charge < -0.3 is 10.1 Å². The van der Waals surface area contributed by atoms with Crippen molar-refractivity contribution in [1.82, 2.24) is 0 Å². The Morgan fingerprint density at radius 2 is 1.71 bits per heavy atom. The van der Waals surface area contributed by atoms with Crippen LogP contribution in [0.5, 0.6) is 5.75 Å². The van der Waals surface area contributed by atoms with E-state index in [2.05, 4.69) is 60.1 Å². The number of para-hydroxylation sites is 1. The van der Waals surface area contributed by atoms with E-state index in [1.165, 1.54) is 18.4 Å². The molecule has 0 aliphatic carbocycles. The van der Waals surface area contributed by atoms with Gasteiger partial charge in [-0.05, 0) is 30.5 Å². The number of hydrogen-bond donors (Lipinski definition) is 1. The van der Waals surface area contributed by atoms with E-state index < -0.39 is 0 Å². The molecule has 1 atom stereocenters. The molecule has 0 bridgehead atoms. The van der Waals surface area contributed by atoms with Crippen molar-refractivity contribution in [2.24, 2.45) is 0 Å². The fraction of sp³-hybridized carbons (Fsp3) is 0.238. The first-order valence-corrected chi connectivity index (χ1v) is 9.35. The minimum absolute atomic E-state index is 0.116. The maximum Gasteiger partial charge on any atom is 0.133 e. The van der Waals surface area contributed by atoms with Crippen molar-refractivity contribution >= 4 is 22.0 Å². The zero-order chi connectivity index (χ0) is 16.6. The van der Waals surface area contributed by atoms with Crippen LogP contribution in [0.25, 0.3) is 0 Å². The Hall–Kier alpha value is -2.26. The number of anilines is 2. The van der Waals surface area contributed by atoms with Crippen LogP contribution in [0.3, 0.4) is 0 Å². The van der Waals surface area contributed by atoms with Crippen LogP contribution < -0.4 is 10.1 Å². The fourth-order valence-corrected chi connectivity index (χ4v) is 3.35. The van der Waals surface area contributed by atoms with Crippen LogP contribution in [0.4, 0.5) is 10.7 Å². The van der Waals surface area contributed by atoms with Crippen LogP contribution in [-0.2, 0) is 0 Å². The quantitative estimate of drug-likeness (QED) is 0.488. The first kappa shape index (κ1) is 16.6. The molecule has 0 fully saturated rings. The Balaban J connectivity index is 1.69. The van der Waals surface area contributed by atoms with Crippen LogP contribution in [0, 0.1) is 0 Å². The van der Waals surface area contributed by atoms with Gasteiger partial charge in [-0.1, -0.05) is 61.9 Å². The predicted octanol–water partition coefficient (Wildman–Crippen LogP) is 6.80. The standard InChI is InChI=1S/C21H23NOS/c1-2-3-14-20(17-10-6-4-7-11-17)23-19-15-21(24-16-19)22-18-12-8-5-9-13-18/h4-13,15-16,20,22H,2-3,14H2,1H3. The highest BCUT2D eigenvalue weighted by Crippen LogP contribution is 2.33. The normalized spacial score (nSPS) is 11.9. The van der Waals surface area contributed by atoms with Gasteiger partial charge in [0.15, 0.2) is 0 Å². The lowest BCUT2D eigenvalue weighted by Gasteiger charge is -2.18. The Morgan fingerprint density at radius 1 is 1.00 bits per heavy atom. The zero-order valence-electron chi connectivity index (χ0n) is 13.9. The Kier molecular flexibility index (Phi) is 5.91. The number of benzene rings is 2. The highest BCUT2D eigenvalue weighted by Gasteiger charge is 2.13. The molecular formula is C21H23NOS. The first-order valence-electron chi connectivity index (χ1n) is 8.47. The van der Waals surface area contributed by atoms with Crippen molar-refractivity contribution in [1.29, 1.82) is 0 Å². The molecule has 0 saturated carbocycles. The first-order chi connectivity index (χ1) is 11.8. The van der Waals surface area contributed by atoms with Crippen molar-refractivity contribution in [2.75, 3.05) is 5.32 Å². The summed E-state index contributed by atoms with van der Waals surface area (Å²) in [6.45, 7) is 2.22. The summed E-state index contributed by atoms with van der Waals surface area (Å²) >= 11 is 1.67. The molecular weight excluding hydrogens is 314 g/mol. The van der Waals surface area contributed by atoms with Crippen molar-refractivity contribution in [3.05, 3.63) is 77.7 Å². The van der Waals surface area contributed by atoms with Gasteiger partial charge in [-0.2, -0.15) is 0 Å². The largest absolute Gasteiger partial charge is 0.485 e. The second-order valence-corrected chi connectivity index (χ2v) is 6.71. The Bertz CT molecular complexity index is 724. The molecule has 2 aromatic carbocycles. The summed E-state index contributed by atoms with van der Waals surface area (Å²) in [5.74, 6) is 0.934.